The zero-order valence-electron chi connectivity index (χ0n) is 16.5. The molecule has 1 atom stereocenters. The highest BCUT2D eigenvalue weighted by atomic mass is 16.2. The van der Waals surface area contributed by atoms with Crippen molar-refractivity contribution in [1.82, 2.24) is 20.4 Å². The lowest BCUT2D eigenvalue weighted by Crippen LogP contribution is -2.45. The van der Waals surface area contributed by atoms with Crippen molar-refractivity contribution in [2.45, 2.75) is 64.3 Å². The molecule has 2 aliphatic heterocycles. The van der Waals surface area contributed by atoms with Crippen LogP contribution in [-0.4, -0.2) is 73.5 Å². The van der Waals surface area contributed by atoms with Gasteiger partial charge in [-0.1, -0.05) is 19.3 Å². The van der Waals surface area contributed by atoms with E-state index < -0.39 is 0 Å². The van der Waals surface area contributed by atoms with E-state index in [0.717, 1.165) is 57.9 Å². The third-order valence-corrected chi connectivity index (χ3v) is 6.02. The number of likely N-dealkylation sites (tertiary alicyclic amines) is 2. The minimum atomic E-state index is 0.292. The first-order valence-electron chi connectivity index (χ1n) is 10.8. The molecule has 1 unspecified atom stereocenters. The second-order valence-corrected chi connectivity index (χ2v) is 8.06. The molecule has 0 bridgehead atoms. The Bertz CT molecular complexity index is 469. The highest BCUT2D eigenvalue weighted by molar-refractivity contribution is 5.81. The summed E-state index contributed by atoms with van der Waals surface area (Å²) in [4.78, 5) is 22.0. The van der Waals surface area contributed by atoms with Crippen molar-refractivity contribution in [2.75, 3.05) is 45.8 Å². The number of hydrogen-bond donors (Lipinski definition) is 2. The van der Waals surface area contributed by atoms with Crippen molar-refractivity contribution < 1.29 is 4.79 Å². The van der Waals surface area contributed by atoms with Gasteiger partial charge in [0.15, 0.2) is 5.96 Å². The fourth-order valence-corrected chi connectivity index (χ4v) is 4.51. The first kappa shape index (κ1) is 19.5. The smallest absolute Gasteiger partial charge is 0.225 e. The maximum atomic E-state index is 12.6. The quantitative estimate of drug-likeness (QED) is 0.558. The minimum Gasteiger partial charge on any atom is -0.357 e. The number of piperidine rings is 1. The number of carbonyl (C=O) groups excluding carboxylic acids is 1. The van der Waals surface area contributed by atoms with Crippen molar-refractivity contribution in [1.29, 1.82) is 0 Å². The number of carbonyl (C=O) groups is 1. The van der Waals surface area contributed by atoms with Gasteiger partial charge in [0, 0.05) is 38.1 Å². The molecule has 3 rings (SSSR count). The van der Waals surface area contributed by atoms with E-state index in [0.29, 0.717) is 17.9 Å². The van der Waals surface area contributed by atoms with Crippen LogP contribution >= 0.6 is 0 Å². The second-order valence-electron chi connectivity index (χ2n) is 8.06. The van der Waals surface area contributed by atoms with Crippen LogP contribution in [-0.2, 0) is 4.79 Å². The summed E-state index contributed by atoms with van der Waals surface area (Å²) in [6, 6.07) is 0.327. The van der Waals surface area contributed by atoms with Crippen LogP contribution in [0.5, 0.6) is 0 Å². The van der Waals surface area contributed by atoms with Gasteiger partial charge in [0.1, 0.15) is 0 Å². The Morgan fingerprint density at radius 3 is 2.54 bits per heavy atom. The molecule has 0 aromatic rings. The summed E-state index contributed by atoms with van der Waals surface area (Å²) in [7, 11) is 0. The number of hydrogen-bond acceptors (Lipinski definition) is 3. The molecule has 0 radical (unpaired) electrons. The molecule has 3 aliphatic rings. The predicted molar refractivity (Wildman–Crippen MR) is 106 cm³/mol. The van der Waals surface area contributed by atoms with Crippen LogP contribution in [0.25, 0.3) is 0 Å². The van der Waals surface area contributed by atoms with E-state index in [-0.39, 0.29) is 0 Å². The third-order valence-electron chi connectivity index (χ3n) is 6.02. The van der Waals surface area contributed by atoms with E-state index in [4.69, 9.17) is 4.99 Å². The van der Waals surface area contributed by atoms with Crippen LogP contribution in [0.2, 0.25) is 0 Å². The number of rotatable bonds is 6. The highest BCUT2D eigenvalue weighted by Gasteiger charge is 2.32. The van der Waals surface area contributed by atoms with Crippen LogP contribution in [0, 0.1) is 5.92 Å². The van der Waals surface area contributed by atoms with Gasteiger partial charge in [-0.15, -0.1) is 0 Å². The van der Waals surface area contributed by atoms with E-state index in [1.807, 2.05) is 0 Å². The van der Waals surface area contributed by atoms with Crippen LogP contribution in [0.4, 0.5) is 0 Å². The largest absolute Gasteiger partial charge is 0.357 e. The molecule has 0 spiro atoms. The zero-order chi connectivity index (χ0) is 18.2. The topological polar surface area (TPSA) is 60.0 Å². The fourth-order valence-electron chi connectivity index (χ4n) is 4.51. The zero-order valence-corrected chi connectivity index (χ0v) is 16.5. The van der Waals surface area contributed by atoms with Gasteiger partial charge in [-0.3, -0.25) is 9.79 Å². The summed E-state index contributed by atoms with van der Waals surface area (Å²) in [5.74, 6) is 1.59. The summed E-state index contributed by atoms with van der Waals surface area (Å²) in [6.45, 7) is 9.02. The van der Waals surface area contributed by atoms with Crippen LogP contribution in [0.3, 0.4) is 0 Å². The number of aliphatic imine (C=N–C) groups is 1. The summed E-state index contributed by atoms with van der Waals surface area (Å²) in [5, 5.41) is 6.92. The Morgan fingerprint density at radius 2 is 1.81 bits per heavy atom. The molecule has 2 N–H and O–H groups in total. The van der Waals surface area contributed by atoms with E-state index in [1.165, 1.54) is 45.2 Å². The van der Waals surface area contributed by atoms with Gasteiger partial charge >= 0.3 is 0 Å². The number of amides is 1. The van der Waals surface area contributed by atoms with Gasteiger partial charge in [-0.25, -0.2) is 0 Å². The maximum absolute atomic E-state index is 12.6. The van der Waals surface area contributed by atoms with Crippen LogP contribution in [0.15, 0.2) is 4.99 Å². The number of nitrogens with one attached hydrogen (secondary N) is 2. The van der Waals surface area contributed by atoms with Crippen molar-refractivity contribution in [3.63, 3.8) is 0 Å². The molecular formula is C20H37N5O. The molecule has 3 fully saturated rings. The van der Waals surface area contributed by atoms with Gasteiger partial charge in [-0.05, 0) is 52.1 Å². The molecule has 0 aromatic heterocycles. The molecule has 6 nitrogen and oxygen atoms in total. The monoisotopic (exact) mass is 363 g/mol. The van der Waals surface area contributed by atoms with Crippen molar-refractivity contribution in [3.8, 4) is 0 Å². The van der Waals surface area contributed by atoms with Crippen molar-refractivity contribution in [2.24, 2.45) is 10.9 Å². The Morgan fingerprint density at radius 1 is 1.04 bits per heavy atom. The lowest BCUT2D eigenvalue weighted by atomic mass is 10.1. The highest BCUT2D eigenvalue weighted by Crippen LogP contribution is 2.27. The van der Waals surface area contributed by atoms with Crippen molar-refractivity contribution >= 4 is 11.9 Å². The third kappa shape index (κ3) is 5.60. The summed E-state index contributed by atoms with van der Waals surface area (Å²) >= 11 is 0. The average Bonchev–Trinajstić information content (AvgIpc) is 3.34. The van der Waals surface area contributed by atoms with Gasteiger partial charge in [0.2, 0.25) is 5.91 Å². The molecule has 1 amide bonds. The lowest BCUT2D eigenvalue weighted by Gasteiger charge is -2.25. The minimum absolute atomic E-state index is 0.292. The molecule has 148 valence electrons. The Kier molecular flexibility index (Phi) is 7.59. The fraction of sp³-hybridized carbons (Fsp3) is 0.900. The first-order valence-corrected chi connectivity index (χ1v) is 10.8. The molecule has 2 heterocycles. The maximum Gasteiger partial charge on any atom is 0.225 e. The van der Waals surface area contributed by atoms with Gasteiger partial charge < -0.3 is 20.4 Å². The number of guanidine groups is 1. The molecule has 26 heavy (non-hydrogen) atoms. The Balaban J connectivity index is 1.43. The predicted octanol–water partition coefficient (Wildman–Crippen LogP) is 1.82. The Hall–Kier alpha value is -1.30. The lowest BCUT2D eigenvalue weighted by molar-refractivity contribution is -0.134. The van der Waals surface area contributed by atoms with E-state index in [1.54, 1.807) is 0 Å². The van der Waals surface area contributed by atoms with Gasteiger partial charge in [-0.2, -0.15) is 0 Å². The molecular weight excluding hydrogens is 326 g/mol. The average molecular weight is 364 g/mol. The second kappa shape index (κ2) is 10.1. The SMILES string of the molecule is CCNC(=NCCN1CCCCC1)NC1CCN(C(=O)C2CCCC2)C1. The standard InChI is InChI=1S/C20H37N5O/c1-2-21-20(22-11-15-24-12-6-3-7-13-24)23-18-10-14-25(16-18)19(26)17-8-4-5-9-17/h17-18H,2-16H2,1H3,(H2,21,22,23). The molecule has 0 aromatic carbocycles. The van der Waals surface area contributed by atoms with Crippen LogP contribution < -0.4 is 10.6 Å². The van der Waals surface area contributed by atoms with Gasteiger partial charge in [0.25, 0.3) is 0 Å². The van der Waals surface area contributed by atoms with Gasteiger partial charge in [0.05, 0.1) is 6.54 Å². The molecule has 1 saturated carbocycles. The summed E-state index contributed by atoms with van der Waals surface area (Å²) in [6.07, 6.45) is 9.68. The Labute approximate surface area is 158 Å². The van der Waals surface area contributed by atoms with E-state index in [9.17, 15) is 4.79 Å². The van der Waals surface area contributed by atoms with E-state index >= 15 is 0 Å². The van der Waals surface area contributed by atoms with Crippen LogP contribution in [0.1, 0.15) is 58.3 Å². The number of nitrogens with zero attached hydrogens (tertiary/aromatic N) is 3. The van der Waals surface area contributed by atoms with Crippen molar-refractivity contribution in [3.05, 3.63) is 0 Å². The van der Waals surface area contributed by atoms with E-state index in [2.05, 4.69) is 27.4 Å². The first-order chi connectivity index (χ1) is 12.8. The summed E-state index contributed by atoms with van der Waals surface area (Å²) in [5.41, 5.74) is 0. The molecule has 6 heteroatoms. The summed E-state index contributed by atoms with van der Waals surface area (Å²) < 4.78 is 0. The normalized spacial score (nSPS) is 25.7. The molecule has 2 saturated heterocycles. The molecule has 1 aliphatic carbocycles.